The van der Waals surface area contributed by atoms with Crippen LogP contribution in [-0.4, -0.2) is 24.4 Å². The maximum atomic E-state index is 9.74. The largest absolute Gasteiger partial charge is 0.390 e. The summed E-state index contributed by atoms with van der Waals surface area (Å²) in [5, 5.41) is 9.74. The standard InChI is InChI=1S/C11H24O2/c1-4-7-8-10(5-2)11(12)9-13-6-3/h10-12H,4-9H2,1-3H3. The predicted octanol–water partition coefficient (Wildman–Crippen LogP) is 2.60. The zero-order chi connectivity index (χ0) is 10.1. The van der Waals surface area contributed by atoms with Gasteiger partial charge in [-0.3, -0.25) is 0 Å². The van der Waals surface area contributed by atoms with Crippen LogP contribution in [0.2, 0.25) is 0 Å². The van der Waals surface area contributed by atoms with Gasteiger partial charge in [-0.2, -0.15) is 0 Å². The molecule has 0 radical (unpaired) electrons. The minimum atomic E-state index is -0.267. The quantitative estimate of drug-likeness (QED) is 0.634. The van der Waals surface area contributed by atoms with Gasteiger partial charge >= 0.3 is 0 Å². The fourth-order valence-corrected chi connectivity index (χ4v) is 1.51. The first-order valence-corrected chi connectivity index (χ1v) is 5.51. The van der Waals surface area contributed by atoms with Crippen LogP contribution in [0.5, 0.6) is 0 Å². The van der Waals surface area contributed by atoms with Gasteiger partial charge in [0.05, 0.1) is 12.7 Å². The highest BCUT2D eigenvalue weighted by atomic mass is 16.5. The van der Waals surface area contributed by atoms with Crippen molar-refractivity contribution in [2.45, 2.75) is 52.6 Å². The molecule has 2 atom stereocenters. The van der Waals surface area contributed by atoms with E-state index in [1.165, 1.54) is 12.8 Å². The summed E-state index contributed by atoms with van der Waals surface area (Å²) in [7, 11) is 0. The molecule has 0 aliphatic heterocycles. The highest BCUT2D eigenvalue weighted by molar-refractivity contribution is 4.66. The highest BCUT2D eigenvalue weighted by Crippen LogP contribution is 2.17. The predicted molar refractivity (Wildman–Crippen MR) is 55.8 cm³/mol. The lowest BCUT2D eigenvalue weighted by Gasteiger charge is -2.20. The molecule has 0 bridgehead atoms. The van der Waals surface area contributed by atoms with Gasteiger partial charge in [-0.1, -0.05) is 33.1 Å². The Kier molecular flexibility index (Phi) is 8.46. The van der Waals surface area contributed by atoms with E-state index < -0.39 is 0 Å². The summed E-state index contributed by atoms with van der Waals surface area (Å²) in [6.07, 6.45) is 4.33. The second-order valence-corrected chi connectivity index (χ2v) is 3.54. The zero-order valence-corrected chi connectivity index (χ0v) is 9.25. The Morgan fingerprint density at radius 1 is 1.23 bits per heavy atom. The van der Waals surface area contributed by atoms with E-state index in [0.29, 0.717) is 19.1 Å². The van der Waals surface area contributed by atoms with Gasteiger partial charge < -0.3 is 9.84 Å². The first-order chi connectivity index (χ1) is 6.26. The van der Waals surface area contributed by atoms with E-state index in [1.54, 1.807) is 0 Å². The fourth-order valence-electron chi connectivity index (χ4n) is 1.51. The fraction of sp³-hybridized carbons (Fsp3) is 1.00. The van der Waals surface area contributed by atoms with Gasteiger partial charge in [-0.15, -0.1) is 0 Å². The van der Waals surface area contributed by atoms with Crippen molar-refractivity contribution in [1.29, 1.82) is 0 Å². The molecule has 0 aromatic heterocycles. The zero-order valence-electron chi connectivity index (χ0n) is 9.25. The maximum Gasteiger partial charge on any atom is 0.0801 e. The van der Waals surface area contributed by atoms with Crippen LogP contribution in [0, 0.1) is 5.92 Å². The minimum Gasteiger partial charge on any atom is -0.390 e. The molecule has 0 amide bonds. The van der Waals surface area contributed by atoms with Crippen molar-refractivity contribution in [3.05, 3.63) is 0 Å². The van der Waals surface area contributed by atoms with Gasteiger partial charge in [-0.05, 0) is 19.3 Å². The average Bonchev–Trinajstić information content (AvgIpc) is 2.16. The summed E-state index contributed by atoms with van der Waals surface area (Å²) >= 11 is 0. The van der Waals surface area contributed by atoms with E-state index in [4.69, 9.17) is 4.74 Å². The van der Waals surface area contributed by atoms with E-state index in [-0.39, 0.29) is 6.10 Å². The van der Waals surface area contributed by atoms with Crippen LogP contribution in [-0.2, 0) is 4.74 Å². The van der Waals surface area contributed by atoms with Gasteiger partial charge in [0.15, 0.2) is 0 Å². The summed E-state index contributed by atoms with van der Waals surface area (Å²) in [6.45, 7) is 7.47. The van der Waals surface area contributed by atoms with Crippen LogP contribution in [0.1, 0.15) is 46.5 Å². The number of aliphatic hydroxyl groups excluding tert-OH is 1. The molecule has 2 heteroatoms. The van der Waals surface area contributed by atoms with Gasteiger partial charge in [0.2, 0.25) is 0 Å². The van der Waals surface area contributed by atoms with Gasteiger partial charge in [0.25, 0.3) is 0 Å². The summed E-state index contributed by atoms with van der Waals surface area (Å²) in [5.41, 5.74) is 0. The second-order valence-electron chi connectivity index (χ2n) is 3.54. The van der Waals surface area contributed by atoms with Crippen molar-refractivity contribution >= 4 is 0 Å². The number of aliphatic hydroxyl groups is 1. The Balaban J connectivity index is 3.63. The Hall–Kier alpha value is -0.0800. The smallest absolute Gasteiger partial charge is 0.0801 e. The van der Waals surface area contributed by atoms with E-state index in [1.807, 2.05) is 6.92 Å². The minimum absolute atomic E-state index is 0.267. The summed E-state index contributed by atoms with van der Waals surface area (Å²) in [6, 6.07) is 0. The second kappa shape index (κ2) is 8.52. The van der Waals surface area contributed by atoms with Crippen LogP contribution in [0.25, 0.3) is 0 Å². The van der Waals surface area contributed by atoms with Crippen LogP contribution in [0.3, 0.4) is 0 Å². The lowest BCUT2D eigenvalue weighted by Crippen LogP contribution is -2.25. The van der Waals surface area contributed by atoms with E-state index in [2.05, 4.69) is 13.8 Å². The average molecular weight is 188 g/mol. The number of ether oxygens (including phenoxy) is 1. The monoisotopic (exact) mass is 188 g/mol. The molecule has 0 aromatic rings. The van der Waals surface area contributed by atoms with Crippen molar-refractivity contribution in [2.24, 2.45) is 5.92 Å². The Labute approximate surface area is 82.3 Å². The van der Waals surface area contributed by atoms with E-state index in [0.717, 1.165) is 12.8 Å². The third-order valence-corrected chi connectivity index (χ3v) is 2.49. The van der Waals surface area contributed by atoms with Gasteiger partial charge in [0.1, 0.15) is 0 Å². The Morgan fingerprint density at radius 3 is 2.38 bits per heavy atom. The van der Waals surface area contributed by atoms with Crippen molar-refractivity contribution in [1.82, 2.24) is 0 Å². The topological polar surface area (TPSA) is 29.5 Å². The number of hydrogen-bond acceptors (Lipinski definition) is 2. The maximum absolute atomic E-state index is 9.74. The molecule has 80 valence electrons. The third kappa shape index (κ3) is 6.05. The SMILES string of the molecule is CCCCC(CC)C(O)COCC. The number of hydrogen-bond donors (Lipinski definition) is 1. The first-order valence-electron chi connectivity index (χ1n) is 5.51. The van der Waals surface area contributed by atoms with Crippen LogP contribution in [0.15, 0.2) is 0 Å². The van der Waals surface area contributed by atoms with Crippen LogP contribution >= 0.6 is 0 Å². The summed E-state index contributed by atoms with van der Waals surface area (Å²) in [5.74, 6) is 0.423. The summed E-state index contributed by atoms with van der Waals surface area (Å²) < 4.78 is 5.21. The van der Waals surface area contributed by atoms with Crippen molar-refractivity contribution < 1.29 is 9.84 Å². The lowest BCUT2D eigenvalue weighted by molar-refractivity contribution is 0.00505. The number of rotatable bonds is 8. The lowest BCUT2D eigenvalue weighted by atomic mass is 9.94. The third-order valence-electron chi connectivity index (χ3n) is 2.49. The molecule has 0 aliphatic rings. The molecule has 0 rings (SSSR count). The molecule has 0 spiro atoms. The van der Waals surface area contributed by atoms with Crippen molar-refractivity contribution in [3.8, 4) is 0 Å². The number of unbranched alkanes of at least 4 members (excludes halogenated alkanes) is 1. The van der Waals surface area contributed by atoms with E-state index >= 15 is 0 Å². The molecule has 2 unspecified atom stereocenters. The summed E-state index contributed by atoms with van der Waals surface area (Å²) in [4.78, 5) is 0. The molecule has 0 aliphatic carbocycles. The molecule has 0 saturated carbocycles. The van der Waals surface area contributed by atoms with Gasteiger partial charge in [0, 0.05) is 6.61 Å². The molecule has 2 nitrogen and oxygen atoms in total. The van der Waals surface area contributed by atoms with E-state index in [9.17, 15) is 5.11 Å². The van der Waals surface area contributed by atoms with Crippen molar-refractivity contribution in [2.75, 3.05) is 13.2 Å². The Bertz CT molecular complexity index is 104. The Morgan fingerprint density at radius 2 is 1.92 bits per heavy atom. The molecule has 0 fully saturated rings. The molecular weight excluding hydrogens is 164 g/mol. The molecule has 1 N–H and O–H groups in total. The normalized spacial score (nSPS) is 15.7. The van der Waals surface area contributed by atoms with Crippen molar-refractivity contribution in [3.63, 3.8) is 0 Å². The molecule has 0 heterocycles. The first kappa shape index (κ1) is 12.9. The molecule has 13 heavy (non-hydrogen) atoms. The highest BCUT2D eigenvalue weighted by Gasteiger charge is 2.16. The van der Waals surface area contributed by atoms with Gasteiger partial charge in [-0.25, -0.2) is 0 Å². The molecular formula is C11H24O2. The van der Waals surface area contributed by atoms with Crippen LogP contribution in [0.4, 0.5) is 0 Å². The molecule has 0 aromatic carbocycles. The van der Waals surface area contributed by atoms with Crippen LogP contribution < -0.4 is 0 Å². The molecule has 0 saturated heterocycles.